The maximum Gasteiger partial charge on any atom is 0.312 e. The Morgan fingerprint density at radius 3 is 2.49 bits per heavy atom. The number of hydrogen-bond acceptors (Lipinski definition) is 6. The fourth-order valence-corrected chi connectivity index (χ4v) is 5.06. The van der Waals surface area contributed by atoms with Gasteiger partial charge in [-0.25, -0.2) is 0 Å². The van der Waals surface area contributed by atoms with E-state index in [1.807, 2.05) is 0 Å². The maximum atomic E-state index is 13.8. The number of amides is 3. The van der Waals surface area contributed by atoms with Gasteiger partial charge in [0.25, 0.3) is 12.1 Å². The number of nitrogens with one attached hydrogen (secondary N) is 3. The van der Waals surface area contributed by atoms with Crippen LogP contribution in [-0.2, 0) is 14.4 Å². The minimum atomic E-state index is -1.32. The van der Waals surface area contributed by atoms with E-state index in [-0.39, 0.29) is 22.5 Å². The molecule has 2 fully saturated rings. The Hall–Kier alpha value is -3.21. The number of aliphatic carboxylic acids is 1. The van der Waals surface area contributed by atoms with Crippen molar-refractivity contribution in [3.05, 3.63) is 33.7 Å². The molecule has 11 nitrogen and oxygen atoms in total. The van der Waals surface area contributed by atoms with Gasteiger partial charge < -0.3 is 21.1 Å². The molecule has 2 bridgehead atoms. The first-order chi connectivity index (χ1) is 16.3. The number of carboxylic acid groups (broad SMARTS) is 1. The highest BCUT2D eigenvalue weighted by molar-refractivity contribution is 6.33. The molecule has 1 aliphatic carbocycles. The summed E-state index contributed by atoms with van der Waals surface area (Å²) in [5, 5.41) is 15.9. The monoisotopic (exact) mass is 508 g/mol. The Balaban J connectivity index is 1.84. The molecule has 35 heavy (non-hydrogen) atoms. The lowest BCUT2D eigenvalue weighted by atomic mass is 9.84. The van der Waals surface area contributed by atoms with Crippen LogP contribution in [0.5, 0.6) is 0 Å². The molecule has 12 heteroatoms. The van der Waals surface area contributed by atoms with Gasteiger partial charge >= 0.3 is 5.97 Å². The first kappa shape index (κ1) is 26.4. The average Bonchev–Trinajstić information content (AvgIpc) is 3.38. The van der Waals surface area contributed by atoms with Crippen LogP contribution in [-0.4, -0.2) is 58.0 Å². The van der Waals surface area contributed by atoms with Crippen molar-refractivity contribution in [2.45, 2.75) is 70.7 Å². The van der Waals surface area contributed by atoms with Crippen LogP contribution >= 0.6 is 11.6 Å². The van der Waals surface area contributed by atoms with Crippen LogP contribution in [0.4, 0.5) is 5.69 Å². The number of rotatable bonds is 8. The molecular formula is C23H31ClN5O6+. The average molecular weight is 509 g/mol. The number of nitrogen functional groups attached to an aromatic ring is 1. The molecule has 3 rings (SSSR count). The van der Waals surface area contributed by atoms with Crippen molar-refractivity contribution < 1.29 is 29.5 Å². The van der Waals surface area contributed by atoms with Crippen LogP contribution in [0, 0.1) is 16.2 Å². The third-order valence-electron chi connectivity index (χ3n) is 6.60. The number of carboxylic acids is 1. The molecule has 1 aliphatic heterocycles. The van der Waals surface area contributed by atoms with E-state index in [0.29, 0.717) is 12.1 Å². The minimum Gasteiger partial charge on any atom is -0.481 e. The fraction of sp³-hybridized carbons (Fsp3) is 0.565. The zero-order valence-electron chi connectivity index (χ0n) is 19.8. The molecule has 1 aromatic carbocycles. The van der Waals surface area contributed by atoms with E-state index in [9.17, 15) is 24.1 Å². The highest BCUT2D eigenvalue weighted by Gasteiger charge is 2.54. The number of benzene rings is 1. The van der Waals surface area contributed by atoms with Gasteiger partial charge in [-0.15, -0.1) is 0 Å². The van der Waals surface area contributed by atoms with Gasteiger partial charge in [0.2, 0.25) is 11.8 Å². The predicted molar refractivity (Wildman–Crippen MR) is 127 cm³/mol. The minimum absolute atomic E-state index is 0.117. The van der Waals surface area contributed by atoms with Crippen molar-refractivity contribution in [1.82, 2.24) is 15.5 Å². The molecule has 2 aliphatic rings. The Labute approximate surface area is 207 Å². The number of nitrogens with two attached hydrogens (primary N) is 1. The lowest BCUT2D eigenvalue weighted by Crippen LogP contribution is -2.79. The summed E-state index contributed by atoms with van der Waals surface area (Å²) in [6.45, 7) is 5.42. The molecule has 1 heterocycles. The zero-order chi connectivity index (χ0) is 26.1. The van der Waals surface area contributed by atoms with Gasteiger partial charge in [-0.1, -0.05) is 32.4 Å². The molecule has 0 radical (unpaired) electrons. The molecule has 1 aromatic rings. The number of likely N-dealkylation sites (tertiary alicyclic amines) is 1. The molecule has 0 aromatic heterocycles. The Morgan fingerprint density at radius 2 is 1.91 bits per heavy atom. The SMILES string of the molecule is CC(C)(C)C(NC(=O)c1ccc(N)c(Cl)c1)C(=O)N1C2CCC(C2)C1C(=O)N[C@@H](CC(=O)O)[NH+]=O. The number of hydrogen-bond donors (Lipinski definition) is 5. The smallest absolute Gasteiger partial charge is 0.312 e. The first-order valence-electron chi connectivity index (χ1n) is 11.4. The van der Waals surface area contributed by atoms with E-state index in [2.05, 4.69) is 10.6 Å². The van der Waals surface area contributed by atoms with E-state index in [1.54, 1.807) is 20.8 Å². The summed E-state index contributed by atoms with van der Waals surface area (Å²) >= 11 is 6.04. The molecule has 4 unspecified atom stereocenters. The highest BCUT2D eigenvalue weighted by atomic mass is 35.5. The summed E-state index contributed by atoms with van der Waals surface area (Å²) in [5.41, 5.74) is 5.58. The number of halogens is 1. The quantitative estimate of drug-likeness (QED) is 0.246. The van der Waals surface area contributed by atoms with Crippen LogP contribution in [0.2, 0.25) is 5.02 Å². The molecule has 6 N–H and O–H groups in total. The number of anilines is 1. The van der Waals surface area contributed by atoms with E-state index < -0.39 is 53.8 Å². The first-order valence-corrected chi connectivity index (χ1v) is 11.8. The second-order valence-corrected chi connectivity index (χ2v) is 10.6. The number of piperidine rings is 1. The molecule has 190 valence electrons. The summed E-state index contributed by atoms with van der Waals surface area (Å²) in [7, 11) is 0. The van der Waals surface area contributed by atoms with Gasteiger partial charge in [0.15, 0.2) is 0 Å². The number of carbonyl (C=O) groups excluding carboxylic acids is 3. The molecular weight excluding hydrogens is 478 g/mol. The lowest BCUT2D eigenvalue weighted by molar-refractivity contribution is -0.529. The number of fused-ring (bicyclic) bond motifs is 2. The van der Waals surface area contributed by atoms with Gasteiger partial charge in [-0.05, 0) is 48.8 Å². The molecule has 1 saturated heterocycles. The van der Waals surface area contributed by atoms with Gasteiger partial charge in [-0.3, -0.25) is 24.5 Å². The third kappa shape index (κ3) is 5.72. The van der Waals surface area contributed by atoms with Crippen molar-refractivity contribution in [3.8, 4) is 0 Å². The topological polar surface area (TPSA) is 173 Å². The maximum absolute atomic E-state index is 13.8. The van der Waals surface area contributed by atoms with Crippen LogP contribution in [0.15, 0.2) is 18.2 Å². The summed E-state index contributed by atoms with van der Waals surface area (Å²) in [6, 6.07) is 2.42. The number of nitrogens with zero attached hydrogens (tertiary/aromatic N) is 1. The summed E-state index contributed by atoms with van der Waals surface area (Å²) in [6.07, 6.45) is 0.157. The van der Waals surface area contributed by atoms with E-state index in [1.165, 1.54) is 28.3 Å². The Morgan fingerprint density at radius 1 is 1.23 bits per heavy atom. The number of carbonyl (C=O) groups is 4. The molecule has 0 spiro atoms. The van der Waals surface area contributed by atoms with Crippen molar-refractivity contribution >= 4 is 41.0 Å². The summed E-state index contributed by atoms with van der Waals surface area (Å²) in [4.78, 5) is 63.6. The normalized spacial score (nSPS) is 22.9. The molecule has 1 saturated carbocycles. The molecule has 5 atom stereocenters. The van der Waals surface area contributed by atoms with E-state index in [4.69, 9.17) is 22.4 Å². The second-order valence-electron chi connectivity index (χ2n) is 10.2. The lowest BCUT2D eigenvalue weighted by Gasteiger charge is -2.40. The van der Waals surface area contributed by atoms with Gasteiger partial charge in [0.05, 0.1) is 10.7 Å². The van der Waals surface area contributed by atoms with Gasteiger partial charge in [0, 0.05) is 21.7 Å². The van der Waals surface area contributed by atoms with Gasteiger partial charge in [-0.2, -0.15) is 0 Å². The Bertz CT molecular complexity index is 1040. The Kier molecular flexibility index (Phi) is 7.68. The zero-order valence-corrected chi connectivity index (χ0v) is 20.6. The number of nitroso groups, excluding NO2 is 1. The van der Waals surface area contributed by atoms with E-state index in [0.717, 1.165) is 12.8 Å². The van der Waals surface area contributed by atoms with Crippen LogP contribution in [0.1, 0.15) is 56.8 Å². The van der Waals surface area contributed by atoms with Crippen molar-refractivity contribution in [3.63, 3.8) is 0 Å². The highest BCUT2D eigenvalue weighted by Crippen LogP contribution is 2.43. The third-order valence-corrected chi connectivity index (χ3v) is 6.92. The van der Waals surface area contributed by atoms with E-state index >= 15 is 0 Å². The second kappa shape index (κ2) is 10.2. The van der Waals surface area contributed by atoms with Crippen molar-refractivity contribution in [1.29, 1.82) is 0 Å². The summed E-state index contributed by atoms with van der Waals surface area (Å²) < 4.78 is 0. The summed E-state index contributed by atoms with van der Waals surface area (Å²) in [5.74, 6) is -2.89. The van der Waals surface area contributed by atoms with Crippen LogP contribution < -0.4 is 21.5 Å². The van der Waals surface area contributed by atoms with Gasteiger partial charge in [0.1, 0.15) is 18.5 Å². The predicted octanol–water partition coefficient (Wildman–Crippen LogP) is 0.210. The van der Waals surface area contributed by atoms with Crippen molar-refractivity contribution in [2.24, 2.45) is 11.3 Å². The standard InChI is InChI=1S/C23H30ClN5O6/c1-23(2,3)19(27-20(32)12-5-7-15(25)14(24)9-12)22(34)29-13-6-4-11(8-13)18(29)21(33)26-16(28-35)10-17(30)31/h5,7,9,11,13,16,18-19H,4,6,8,10,25H2,1-3H3,(H,26,33)(H,27,32)(H,30,31)/p+1/t11?,13?,16-,18?,19?/m1/s1. The fourth-order valence-electron chi connectivity index (χ4n) is 4.88. The van der Waals surface area contributed by atoms with Crippen LogP contribution in [0.25, 0.3) is 0 Å². The molecule has 3 amide bonds. The van der Waals surface area contributed by atoms with Crippen LogP contribution in [0.3, 0.4) is 0 Å². The largest absolute Gasteiger partial charge is 0.481 e. The van der Waals surface area contributed by atoms with Crippen molar-refractivity contribution in [2.75, 3.05) is 5.73 Å².